The van der Waals surface area contributed by atoms with Crippen LogP contribution in [-0.4, -0.2) is 21.8 Å². The van der Waals surface area contributed by atoms with Gasteiger partial charge in [-0.3, -0.25) is 0 Å². The zero-order valence-electron chi connectivity index (χ0n) is 9.32. The van der Waals surface area contributed by atoms with Crippen LogP contribution in [0.3, 0.4) is 0 Å². The van der Waals surface area contributed by atoms with Crippen molar-refractivity contribution in [1.29, 1.82) is 0 Å². The number of aliphatic hydroxyl groups is 1. The Labute approximate surface area is 91.1 Å². The van der Waals surface area contributed by atoms with Gasteiger partial charge in [0.1, 0.15) is 0 Å². The Hall–Kier alpha value is -0.800. The van der Waals surface area contributed by atoms with Gasteiger partial charge in [0, 0.05) is 32.0 Å². The van der Waals surface area contributed by atoms with Crippen molar-refractivity contribution in [1.82, 2.24) is 9.88 Å². The summed E-state index contributed by atoms with van der Waals surface area (Å²) >= 11 is 0. The lowest BCUT2D eigenvalue weighted by molar-refractivity contribution is 0.111. The highest BCUT2D eigenvalue weighted by Gasteiger charge is 2.19. The molecule has 1 saturated carbocycles. The van der Waals surface area contributed by atoms with E-state index in [0.29, 0.717) is 6.04 Å². The lowest BCUT2D eigenvalue weighted by atomic mass is 9.93. The van der Waals surface area contributed by atoms with E-state index in [9.17, 15) is 5.11 Å². The van der Waals surface area contributed by atoms with E-state index in [-0.39, 0.29) is 6.10 Å². The summed E-state index contributed by atoms with van der Waals surface area (Å²) in [4.78, 5) is 0. The molecule has 0 bridgehead atoms. The number of rotatable bonds is 3. The first-order chi connectivity index (χ1) is 7.24. The molecule has 1 heterocycles. The molecule has 1 fully saturated rings. The van der Waals surface area contributed by atoms with Gasteiger partial charge in [-0.15, -0.1) is 0 Å². The van der Waals surface area contributed by atoms with Crippen molar-refractivity contribution >= 4 is 0 Å². The summed E-state index contributed by atoms with van der Waals surface area (Å²) in [5.74, 6) is 0. The number of aliphatic hydroxyl groups excluding tert-OH is 1. The molecule has 3 nitrogen and oxygen atoms in total. The van der Waals surface area contributed by atoms with Crippen LogP contribution in [0.15, 0.2) is 18.5 Å². The highest BCUT2D eigenvalue weighted by molar-refractivity contribution is 5.09. The zero-order valence-corrected chi connectivity index (χ0v) is 9.32. The smallest absolute Gasteiger partial charge is 0.0555 e. The molecule has 1 aromatic heterocycles. The van der Waals surface area contributed by atoms with E-state index in [1.807, 2.05) is 7.05 Å². The third-order valence-corrected chi connectivity index (χ3v) is 3.13. The summed E-state index contributed by atoms with van der Waals surface area (Å²) in [6.07, 6.45) is 8.33. The molecule has 0 spiro atoms. The average molecular weight is 208 g/mol. The highest BCUT2D eigenvalue weighted by Crippen LogP contribution is 2.18. The molecule has 2 unspecified atom stereocenters. The van der Waals surface area contributed by atoms with Crippen LogP contribution in [0.2, 0.25) is 0 Å². The van der Waals surface area contributed by atoms with E-state index < -0.39 is 0 Å². The van der Waals surface area contributed by atoms with Gasteiger partial charge in [0.25, 0.3) is 0 Å². The number of aromatic nitrogens is 1. The molecule has 1 aliphatic carbocycles. The summed E-state index contributed by atoms with van der Waals surface area (Å²) in [6, 6.07) is 2.63. The Balaban J connectivity index is 1.77. The minimum absolute atomic E-state index is 0.0907. The van der Waals surface area contributed by atoms with Crippen molar-refractivity contribution < 1.29 is 5.11 Å². The molecule has 2 atom stereocenters. The molecule has 0 aromatic carbocycles. The summed E-state index contributed by atoms with van der Waals surface area (Å²) in [7, 11) is 2.04. The van der Waals surface area contributed by atoms with E-state index in [2.05, 4.69) is 28.3 Å². The molecule has 0 aliphatic heterocycles. The molecule has 1 aliphatic rings. The molecular weight excluding hydrogens is 188 g/mol. The van der Waals surface area contributed by atoms with Gasteiger partial charge in [-0.2, -0.15) is 0 Å². The normalized spacial score (nSPS) is 26.8. The van der Waals surface area contributed by atoms with Gasteiger partial charge in [0.05, 0.1) is 6.10 Å². The van der Waals surface area contributed by atoms with E-state index in [4.69, 9.17) is 0 Å². The maximum Gasteiger partial charge on any atom is 0.0555 e. The second-order valence-corrected chi connectivity index (χ2v) is 4.58. The Morgan fingerprint density at radius 1 is 1.53 bits per heavy atom. The number of hydrogen-bond donors (Lipinski definition) is 2. The number of hydrogen-bond acceptors (Lipinski definition) is 2. The summed E-state index contributed by atoms with van der Waals surface area (Å²) in [5, 5.41) is 13.0. The highest BCUT2D eigenvalue weighted by atomic mass is 16.3. The topological polar surface area (TPSA) is 37.2 Å². The van der Waals surface area contributed by atoms with Gasteiger partial charge in [-0.1, -0.05) is 0 Å². The SMILES string of the molecule is Cn1ccc(CNC2CCCC(O)C2)c1. The molecule has 0 amide bonds. The zero-order chi connectivity index (χ0) is 10.7. The maximum atomic E-state index is 9.54. The van der Waals surface area contributed by atoms with Crippen molar-refractivity contribution in [3.63, 3.8) is 0 Å². The quantitative estimate of drug-likeness (QED) is 0.788. The van der Waals surface area contributed by atoms with Crippen LogP contribution in [-0.2, 0) is 13.6 Å². The Kier molecular flexibility index (Phi) is 3.44. The van der Waals surface area contributed by atoms with Crippen LogP contribution >= 0.6 is 0 Å². The van der Waals surface area contributed by atoms with Gasteiger partial charge in [0.2, 0.25) is 0 Å². The fourth-order valence-electron chi connectivity index (χ4n) is 2.28. The fraction of sp³-hybridized carbons (Fsp3) is 0.667. The maximum absolute atomic E-state index is 9.54. The van der Waals surface area contributed by atoms with E-state index in [1.165, 1.54) is 12.0 Å². The predicted octanol–water partition coefficient (Wildman–Crippen LogP) is 1.42. The lowest BCUT2D eigenvalue weighted by Crippen LogP contribution is -2.35. The minimum atomic E-state index is -0.0907. The van der Waals surface area contributed by atoms with Gasteiger partial charge < -0.3 is 15.0 Å². The molecular formula is C12H20N2O. The molecule has 84 valence electrons. The van der Waals surface area contributed by atoms with Crippen LogP contribution in [0.1, 0.15) is 31.2 Å². The standard InChI is InChI=1S/C12H20N2O/c1-14-6-5-10(9-14)8-13-11-3-2-4-12(15)7-11/h5-6,9,11-13,15H,2-4,7-8H2,1H3. The van der Waals surface area contributed by atoms with E-state index in [0.717, 1.165) is 25.8 Å². The van der Waals surface area contributed by atoms with Crippen LogP contribution in [0.5, 0.6) is 0 Å². The van der Waals surface area contributed by atoms with Crippen molar-refractivity contribution in [2.24, 2.45) is 7.05 Å². The summed E-state index contributed by atoms with van der Waals surface area (Å²) in [5.41, 5.74) is 1.32. The van der Waals surface area contributed by atoms with Crippen molar-refractivity contribution in [2.45, 2.75) is 44.4 Å². The van der Waals surface area contributed by atoms with Crippen molar-refractivity contribution in [3.05, 3.63) is 24.0 Å². The third kappa shape index (κ3) is 3.08. The number of nitrogens with one attached hydrogen (secondary N) is 1. The summed E-state index contributed by atoms with van der Waals surface area (Å²) in [6.45, 7) is 0.915. The second-order valence-electron chi connectivity index (χ2n) is 4.58. The van der Waals surface area contributed by atoms with Gasteiger partial charge >= 0.3 is 0 Å². The average Bonchev–Trinajstić information content (AvgIpc) is 2.62. The molecule has 15 heavy (non-hydrogen) atoms. The third-order valence-electron chi connectivity index (χ3n) is 3.13. The van der Waals surface area contributed by atoms with Crippen LogP contribution in [0.25, 0.3) is 0 Å². The van der Waals surface area contributed by atoms with Gasteiger partial charge in [-0.25, -0.2) is 0 Å². The van der Waals surface area contributed by atoms with E-state index >= 15 is 0 Å². The molecule has 2 N–H and O–H groups in total. The summed E-state index contributed by atoms with van der Waals surface area (Å²) < 4.78 is 2.06. The molecule has 2 rings (SSSR count). The minimum Gasteiger partial charge on any atom is -0.393 e. The van der Waals surface area contributed by atoms with Crippen LogP contribution in [0, 0.1) is 0 Å². The Morgan fingerprint density at radius 3 is 3.07 bits per heavy atom. The fourth-order valence-corrected chi connectivity index (χ4v) is 2.28. The molecule has 0 radical (unpaired) electrons. The van der Waals surface area contributed by atoms with Crippen LogP contribution in [0.4, 0.5) is 0 Å². The van der Waals surface area contributed by atoms with Crippen molar-refractivity contribution in [2.75, 3.05) is 0 Å². The molecule has 1 aromatic rings. The van der Waals surface area contributed by atoms with Gasteiger partial charge in [0.15, 0.2) is 0 Å². The first-order valence-corrected chi connectivity index (χ1v) is 5.76. The monoisotopic (exact) mass is 208 g/mol. The first kappa shape index (κ1) is 10.7. The molecule has 0 saturated heterocycles. The van der Waals surface area contributed by atoms with E-state index in [1.54, 1.807) is 0 Å². The first-order valence-electron chi connectivity index (χ1n) is 5.76. The van der Waals surface area contributed by atoms with Crippen LogP contribution < -0.4 is 5.32 Å². The van der Waals surface area contributed by atoms with Gasteiger partial charge in [-0.05, 0) is 37.3 Å². The number of nitrogens with zero attached hydrogens (tertiary/aromatic N) is 1. The lowest BCUT2D eigenvalue weighted by Gasteiger charge is -2.26. The largest absolute Gasteiger partial charge is 0.393 e. The predicted molar refractivity (Wildman–Crippen MR) is 60.5 cm³/mol. The second kappa shape index (κ2) is 4.81. The van der Waals surface area contributed by atoms with Crippen molar-refractivity contribution in [3.8, 4) is 0 Å². The Morgan fingerprint density at radius 2 is 2.40 bits per heavy atom. The number of aryl methyl sites for hydroxylation is 1. The Bertz CT molecular complexity index is 308. The molecule has 3 heteroatoms.